The van der Waals surface area contributed by atoms with Crippen LogP contribution >= 0.6 is 11.8 Å². The highest BCUT2D eigenvalue weighted by Gasteiger charge is 2.15. The summed E-state index contributed by atoms with van der Waals surface area (Å²) in [5.74, 6) is -0.273. The maximum Gasteiger partial charge on any atom is 0.259 e. The Morgan fingerprint density at radius 3 is 2.52 bits per heavy atom. The van der Waals surface area contributed by atoms with Crippen LogP contribution in [0.1, 0.15) is 21.6 Å². The number of nitrogens with zero attached hydrogens (tertiary/aromatic N) is 1. The van der Waals surface area contributed by atoms with Crippen molar-refractivity contribution < 1.29 is 4.79 Å². The molecule has 4 nitrogen and oxygen atoms in total. The summed E-state index contributed by atoms with van der Waals surface area (Å²) in [5.41, 5.74) is 1.70. The molecule has 110 valence electrons. The van der Waals surface area contributed by atoms with Crippen molar-refractivity contribution in [1.82, 2.24) is 9.88 Å². The summed E-state index contributed by atoms with van der Waals surface area (Å²) in [5, 5.41) is 0. The van der Waals surface area contributed by atoms with Crippen LogP contribution in [0.5, 0.6) is 0 Å². The summed E-state index contributed by atoms with van der Waals surface area (Å²) < 4.78 is 0. The van der Waals surface area contributed by atoms with E-state index in [1.165, 1.54) is 17.2 Å². The van der Waals surface area contributed by atoms with Crippen molar-refractivity contribution in [2.45, 2.75) is 18.4 Å². The van der Waals surface area contributed by atoms with Crippen LogP contribution < -0.4 is 5.43 Å². The number of benzene rings is 1. The van der Waals surface area contributed by atoms with Crippen LogP contribution in [0.2, 0.25) is 0 Å². The molecule has 0 aliphatic heterocycles. The average molecular weight is 302 g/mol. The van der Waals surface area contributed by atoms with E-state index in [0.717, 1.165) is 11.3 Å². The maximum atomic E-state index is 12.3. The van der Waals surface area contributed by atoms with E-state index >= 15 is 0 Å². The molecule has 1 aromatic carbocycles. The van der Waals surface area contributed by atoms with Gasteiger partial charge in [-0.1, -0.05) is 12.1 Å². The molecule has 2 aromatic rings. The third kappa shape index (κ3) is 3.76. The number of aromatic amines is 1. The van der Waals surface area contributed by atoms with Crippen LogP contribution in [0, 0.1) is 6.92 Å². The van der Waals surface area contributed by atoms with E-state index in [4.69, 9.17) is 0 Å². The number of carbonyl (C=O) groups is 1. The zero-order chi connectivity index (χ0) is 15.4. The van der Waals surface area contributed by atoms with Crippen LogP contribution in [0.4, 0.5) is 0 Å². The normalized spacial score (nSPS) is 10.4. The average Bonchev–Trinajstić information content (AvgIpc) is 2.47. The first-order valence-corrected chi connectivity index (χ1v) is 7.81. The number of nitrogens with one attached hydrogen (secondary N) is 1. The molecule has 2 rings (SSSR count). The lowest BCUT2D eigenvalue weighted by Crippen LogP contribution is -2.30. The van der Waals surface area contributed by atoms with Gasteiger partial charge >= 0.3 is 0 Å². The number of aromatic nitrogens is 1. The first kappa shape index (κ1) is 15.4. The molecule has 0 saturated heterocycles. The van der Waals surface area contributed by atoms with Gasteiger partial charge in [-0.25, -0.2) is 0 Å². The van der Waals surface area contributed by atoms with Crippen molar-refractivity contribution in [2.75, 3.05) is 13.3 Å². The van der Waals surface area contributed by atoms with Gasteiger partial charge in [0.1, 0.15) is 5.56 Å². The van der Waals surface area contributed by atoms with Crippen LogP contribution in [0.15, 0.2) is 46.2 Å². The zero-order valence-electron chi connectivity index (χ0n) is 12.3. The Morgan fingerprint density at radius 2 is 1.95 bits per heavy atom. The molecule has 0 fully saturated rings. The number of thioether (sulfide) groups is 1. The lowest BCUT2D eigenvalue weighted by atomic mass is 10.2. The molecular formula is C16H18N2O2S. The van der Waals surface area contributed by atoms with Crippen molar-refractivity contribution in [3.8, 4) is 0 Å². The number of rotatable bonds is 4. The molecule has 0 saturated carbocycles. The number of hydrogen-bond acceptors (Lipinski definition) is 3. The van der Waals surface area contributed by atoms with E-state index in [2.05, 4.69) is 4.98 Å². The van der Waals surface area contributed by atoms with Crippen molar-refractivity contribution in [3.05, 3.63) is 63.6 Å². The van der Waals surface area contributed by atoms with Crippen LogP contribution in [-0.2, 0) is 6.54 Å². The van der Waals surface area contributed by atoms with Crippen molar-refractivity contribution in [3.63, 3.8) is 0 Å². The highest BCUT2D eigenvalue weighted by molar-refractivity contribution is 7.98. The van der Waals surface area contributed by atoms with Gasteiger partial charge in [0.05, 0.1) is 0 Å². The van der Waals surface area contributed by atoms with Gasteiger partial charge in [-0.2, -0.15) is 0 Å². The quantitative estimate of drug-likeness (QED) is 0.884. The Morgan fingerprint density at radius 1 is 1.29 bits per heavy atom. The summed E-state index contributed by atoms with van der Waals surface area (Å²) in [6.45, 7) is 2.26. The fourth-order valence-electron chi connectivity index (χ4n) is 2.02. The molecule has 0 unspecified atom stereocenters. The minimum Gasteiger partial charge on any atom is -0.364 e. The zero-order valence-corrected chi connectivity index (χ0v) is 13.2. The first-order valence-electron chi connectivity index (χ1n) is 6.59. The molecule has 1 amide bonds. The standard InChI is InChI=1S/C16H18N2O2S/c1-11-8-15(19)14(9-17-11)16(20)18(2)10-12-4-6-13(21-3)7-5-12/h4-9H,10H2,1-3H3,(H,17,19). The summed E-state index contributed by atoms with van der Waals surface area (Å²) in [4.78, 5) is 29.8. The Labute approximate surface area is 128 Å². The predicted molar refractivity (Wildman–Crippen MR) is 85.8 cm³/mol. The van der Waals surface area contributed by atoms with E-state index in [9.17, 15) is 9.59 Å². The second-order valence-electron chi connectivity index (χ2n) is 4.90. The van der Waals surface area contributed by atoms with Crippen molar-refractivity contribution in [2.24, 2.45) is 0 Å². The van der Waals surface area contributed by atoms with Gasteiger partial charge in [-0.3, -0.25) is 9.59 Å². The molecular weight excluding hydrogens is 284 g/mol. The van der Waals surface area contributed by atoms with E-state index in [1.807, 2.05) is 30.5 Å². The molecule has 21 heavy (non-hydrogen) atoms. The third-order valence-electron chi connectivity index (χ3n) is 3.21. The van der Waals surface area contributed by atoms with Gasteiger partial charge < -0.3 is 9.88 Å². The lowest BCUT2D eigenvalue weighted by Gasteiger charge is -2.17. The number of carbonyl (C=O) groups excluding carboxylic acids is 1. The second-order valence-corrected chi connectivity index (χ2v) is 5.78. The van der Waals surface area contributed by atoms with Crippen LogP contribution in [0.3, 0.4) is 0 Å². The van der Waals surface area contributed by atoms with E-state index in [1.54, 1.807) is 30.6 Å². The molecule has 0 bridgehead atoms. The molecule has 1 heterocycles. The lowest BCUT2D eigenvalue weighted by molar-refractivity contribution is 0.0783. The first-order chi connectivity index (χ1) is 10.0. The number of H-pyrrole nitrogens is 1. The molecule has 0 atom stereocenters. The Kier molecular flexibility index (Phi) is 4.85. The monoisotopic (exact) mass is 302 g/mol. The largest absolute Gasteiger partial charge is 0.364 e. The molecule has 0 radical (unpaired) electrons. The maximum absolute atomic E-state index is 12.3. The van der Waals surface area contributed by atoms with E-state index in [0.29, 0.717) is 6.54 Å². The fourth-order valence-corrected chi connectivity index (χ4v) is 2.43. The molecule has 0 spiro atoms. The fraction of sp³-hybridized carbons (Fsp3) is 0.250. The van der Waals surface area contributed by atoms with Crippen LogP contribution in [-0.4, -0.2) is 29.1 Å². The Bertz CT molecular complexity index is 692. The van der Waals surface area contributed by atoms with Gasteiger partial charge in [-0.05, 0) is 30.9 Å². The Balaban J connectivity index is 2.13. The highest BCUT2D eigenvalue weighted by Crippen LogP contribution is 2.15. The van der Waals surface area contributed by atoms with Gasteiger partial charge in [0, 0.05) is 36.4 Å². The minimum atomic E-state index is -0.273. The second kappa shape index (κ2) is 6.63. The molecule has 5 heteroatoms. The smallest absolute Gasteiger partial charge is 0.259 e. The topological polar surface area (TPSA) is 53.2 Å². The number of aryl methyl sites for hydroxylation is 1. The number of hydrogen-bond donors (Lipinski definition) is 1. The van der Waals surface area contributed by atoms with Crippen molar-refractivity contribution >= 4 is 17.7 Å². The van der Waals surface area contributed by atoms with Crippen LogP contribution in [0.25, 0.3) is 0 Å². The van der Waals surface area contributed by atoms with E-state index < -0.39 is 0 Å². The van der Waals surface area contributed by atoms with Gasteiger partial charge in [-0.15, -0.1) is 11.8 Å². The summed E-state index contributed by atoms with van der Waals surface area (Å²) in [6.07, 6.45) is 3.50. The number of amides is 1. The molecule has 1 N–H and O–H groups in total. The van der Waals surface area contributed by atoms with Gasteiger partial charge in [0.25, 0.3) is 5.91 Å². The minimum absolute atomic E-state index is 0.170. The van der Waals surface area contributed by atoms with Gasteiger partial charge in [0.2, 0.25) is 0 Å². The highest BCUT2D eigenvalue weighted by atomic mass is 32.2. The SMILES string of the molecule is CSc1ccc(CN(C)C(=O)c2c[nH]c(C)cc2=O)cc1. The van der Waals surface area contributed by atoms with Gasteiger partial charge in [0.15, 0.2) is 5.43 Å². The molecule has 0 aliphatic carbocycles. The number of pyridine rings is 1. The third-order valence-corrected chi connectivity index (χ3v) is 3.96. The molecule has 1 aromatic heterocycles. The predicted octanol–water partition coefficient (Wildman–Crippen LogP) is 2.68. The summed E-state index contributed by atoms with van der Waals surface area (Å²) in [6, 6.07) is 9.48. The van der Waals surface area contributed by atoms with Crippen molar-refractivity contribution in [1.29, 1.82) is 0 Å². The Hall–Kier alpha value is -2.01. The summed E-state index contributed by atoms with van der Waals surface area (Å²) >= 11 is 1.68. The molecule has 0 aliphatic rings. The van der Waals surface area contributed by atoms with E-state index in [-0.39, 0.29) is 16.9 Å². The summed E-state index contributed by atoms with van der Waals surface area (Å²) in [7, 11) is 1.70.